The molecule has 1 saturated heterocycles. The number of unbranched alkanes of at least 4 members (excludes halogenated alkanes) is 1. The van der Waals surface area contributed by atoms with Gasteiger partial charge in [-0.15, -0.1) is 0 Å². The van der Waals surface area contributed by atoms with Gasteiger partial charge in [0, 0.05) is 16.5 Å². The molecule has 0 unspecified atom stereocenters. The van der Waals surface area contributed by atoms with Crippen LogP contribution in [0.25, 0.3) is 0 Å². The van der Waals surface area contributed by atoms with Gasteiger partial charge in [0.2, 0.25) is 0 Å². The Kier molecular flexibility index (Phi) is 14.6. The Labute approximate surface area is 160 Å². The lowest BCUT2D eigenvalue weighted by atomic mass is 9.81. The summed E-state index contributed by atoms with van der Waals surface area (Å²) < 4.78 is 0. The van der Waals surface area contributed by atoms with Gasteiger partial charge in [-0.3, -0.25) is 0 Å². The molecule has 0 aromatic rings. The Bertz CT molecular complexity index is 322. The van der Waals surface area contributed by atoms with Crippen LogP contribution in [-0.2, 0) is 0 Å². The van der Waals surface area contributed by atoms with Crippen LogP contribution in [0.5, 0.6) is 0 Å². The molecule has 0 radical (unpaired) electrons. The van der Waals surface area contributed by atoms with Crippen LogP contribution < -0.4 is 20.0 Å². The van der Waals surface area contributed by atoms with Gasteiger partial charge >= 0.3 is 0 Å². The third-order valence-electron chi connectivity index (χ3n) is 4.65. The maximum atomic E-state index is 9.54. The molecule has 160 valence electrons. The molecule has 0 amide bonds. The summed E-state index contributed by atoms with van der Waals surface area (Å²) in [6.07, 6.45) is 5.59. The Morgan fingerprint density at radius 3 is 1.62 bits per heavy atom. The Hall–Kier alpha value is 0.150. The van der Waals surface area contributed by atoms with Crippen LogP contribution >= 0.6 is 8.60 Å². The van der Waals surface area contributed by atoms with Gasteiger partial charge < -0.3 is 43.9 Å². The van der Waals surface area contributed by atoms with Crippen LogP contribution in [0, 0.1) is 5.41 Å². The topological polar surface area (TPSA) is 142 Å². The summed E-state index contributed by atoms with van der Waals surface area (Å²) in [5.41, 5.74) is -0.0433. The average molecular weight is 396 g/mol. The van der Waals surface area contributed by atoms with Gasteiger partial charge in [-0.05, 0) is 53.4 Å². The number of aliphatic hydroxyl groups is 3. The molecular weight excluding hydrogens is 357 g/mol. The highest BCUT2D eigenvalue weighted by Crippen LogP contribution is 2.28. The maximum absolute atomic E-state index is 9.54. The van der Waals surface area contributed by atoms with Crippen LogP contribution in [0.3, 0.4) is 0 Å². The van der Waals surface area contributed by atoms with E-state index < -0.39 is 8.60 Å². The van der Waals surface area contributed by atoms with E-state index in [1.54, 1.807) is 0 Å². The zero-order chi connectivity index (χ0) is 21.0. The first-order valence-electron chi connectivity index (χ1n) is 9.29. The second-order valence-electron chi connectivity index (χ2n) is 8.45. The number of rotatable bonds is 6. The van der Waals surface area contributed by atoms with E-state index in [1.807, 2.05) is 6.92 Å². The predicted octanol–water partition coefficient (Wildman–Crippen LogP) is 0.140. The first-order chi connectivity index (χ1) is 11.8. The van der Waals surface area contributed by atoms with Crippen molar-refractivity contribution < 1.29 is 30.0 Å². The summed E-state index contributed by atoms with van der Waals surface area (Å²) >= 11 is 0. The summed E-state index contributed by atoms with van der Waals surface area (Å²) in [5, 5.41) is 31.1. The van der Waals surface area contributed by atoms with E-state index in [1.165, 1.54) is 0 Å². The highest BCUT2D eigenvalue weighted by Gasteiger charge is 2.36. The molecule has 0 aromatic carbocycles. The van der Waals surface area contributed by atoms with Crippen molar-refractivity contribution in [2.75, 3.05) is 13.2 Å². The first kappa shape index (κ1) is 28.4. The van der Waals surface area contributed by atoms with Crippen molar-refractivity contribution in [2.45, 2.75) is 97.2 Å². The predicted molar refractivity (Wildman–Crippen MR) is 99.9 cm³/mol. The summed E-state index contributed by atoms with van der Waals surface area (Å²) in [4.78, 5) is 25.4. The van der Waals surface area contributed by atoms with Gasteiger partial charge in [0.15, 0.2) is 0 Å². The van der Waals surface area contributed by atoms with E-state index >= 15 is 0 Å². The molecule has 0 bridgehead atoms. The Balaban J connectivity index is 0. The summed E-state index contributed by atoms with van der Waals surface area (Å²) in [6, 6.07) is 0. The standard InChI is InChI=1S/C9H19NO.C9H20O2.O3P/c1-8(2)5-7(11)6-9(3,4)10-8;1-3-5-6-9(4-2,7-10)8-11;1-4(2)3/h7,10-11H,5-6H2,1-4H3;10-11H,3-8H2,1-2H3;/q;;-3. The molecule has 1 rings (SSSR count). The van der Waals surface area contributed by atoms with Gasteiger partial charge in [-0.2, -0.15) is 0 Å². The molecular formula is C18H39NO6P-3. The molecule has 26 heavy (non-hydrogen) atoms. The first-order valence-corrected chi connectivity index (χ1v) is 10.4. The van der Waals surface area contributed by atoms with Crippen molar-refractivity contribution in [2.24, 2.45) is 5.41 Å². The molecule has 1 aliphatic heterocycles. The number of hydrogen-bond donors (Lipinski definition) is 4. The molecule has 0 atom stereocenters. The van der Waals surface area contributed by atoms with Crippen LogP contribution in [-0.4, -0.2) is 45.7 Å². The molecule has 0 aromatic heterocycles. The molecule has 0 spiro atoms. The lowest BCUT2D eigenvalue weighted by molar-refractivity contribution is -0.407. The monoisotopic (exact) mass is 396 g/mol. The number of hydrogen-bond acceptors (Lipinski definition) is 7. The summed E-state index contributed by atoms with van der Waals surface area (Å²) in [7, 11) is -3.37. The number of piperidine rings is 1. The zero-order valence-electron chi connectivity index (χ0n) is 17.2. The van der Waals surface area contributed by atoms with Crippen molar-refractivity contribution in [3.63, 3.8) is 0 Å². The van der Waals surface area contributed by atoms with Crippen LogP contribution in [0.1, 0.15) is 80.1 Å². The van der Waals surface area contributed by atoms with E-state index in [-0.39, 0.29) is 35.8 Å². The minimum absolute atomic E-state index is 0.0845. The number of aliphatic hydroxyl groups excluding tert-OH is 3. The van der Waals surface area contributed by atoms with E-state index in [4.69, 9.17) is 24.9 Å². The van der Waals surface area contributed by atoms with Crippen LogP contribution in [0.2, 0.25) is 0 Å². The number of nitrogens with one attached hydrogen (secondary N) is 1. The molecule has 4 N–H and O–H groups in total. The van der Waals surface area contributed by atoms with Crippen molar-refractivity contribution >= 4 is 8.60 Å². The summed E-state index contributed by atoms with van der Waals surface area (Å²) in [6.45, 7) is 12.9. The Morgan fingerprint density at radius 1 is 1.00 bits per heavy atom. The minimum Gasteiger partial charge on any atom is -0.854 e. The molecule has 0 saturated carbocycles. The van der Waals surface area contributed by atoms with Crippen LogP contribution in [0.4, 0.5) is 0 Å². The van der Waals surface area contributed by atoms with E-state index in [0.717, 1.165) is 38.5 Å². The SMILES string of the molecule is CC1(C)CC(O)CC(C)(C)N1.CCCCC(CC)(CO)CO.[O-]P([O-])[O-]. The molecule has 1 heterocycles. The fourth-order valence-corrected chi connectivity index (χ4v) is 3.43. The van der Waals surface area contributed by atoms with E-state index in [9.17, 15) is 5.11 Å². The van der Waals surface area contributed by atoms with Crippen molar-refractivity contribution in [3.05, 3.63) is 0 Å². The minimum atomic E-state index is -3.37. The van der Waals surface area contributed by atoms with Gasteiger partial charge in [0.25, 0.3) is 0 Å². The maximum Gasteiger partial charge on any atom is 0.0575 e. The second-order valence-corrected chi connectivity index (χ2v) is 8.90. The molecule has 1 fully saturated rings. The lowest BCUT2D eigenvalue weighted by Gasteiger charge is -2.44. The lowest BCUT2D eigenvalue weighted by Crippen LogP contribution is -2.59. The molecule has 0 aliphatic carbocycles. The van der Waals surface area contributed by atoms with Crippen molar-refractivity contribution in [1.29, 1.82) is 0 Å². The van der Waals surface area contributed by atoms with Crippen molar-refractivity contribution in [3.8, 4) is 0 Å². The quantitative estimate of drug-likeness (QED) is 0.468. The van der Waals surface area contributed by atoms with Crippen molar-refractivity contribution in [1.82, 2.24) is 5.32 Å². The molecule has 1 aliphatic rings. The second kappa shape index (κ2) is 13.3. The average Bonchev–Trinajstić information content (AvgIpc) is 2.45. The highest BCUT2D eigenvalue weighted by molar-refractivity contribution is 7.33. The van der Waals surface area contributed by atoms with E-state index in [2.05, 4.69) is 39.9 Å². The van der Waals surface area contributed by atoms with E-state index in [0.29, 0.717) is 0 Å². The summed E-state index contributed by atoms with van der Waals surface area (Å²) in [5.74, 6) is 0. The molecule has 8 heteroatoms. The smallest absolute Gasteiger partial charge is 0.0575 e. The normalized spacial score (nSPS) is 19.3. The third-order valence-corrected chi connectivity index (χ3v) is 4.65. The molecule has 7 nitrogen and oxygen atoms in total. The van der Waals surface area contributed by atoms with Crippen LogP contribution in [0.15, 0.2) is 0 Å². The highest BCUT2D eigenvalue weighted by atomic mass is 31.2. The van der Waals surface area contributed by atoms with Gasteiger partial charge in [-0.25, -0.2) is 0 Å². The van der Waals surface area contributed by atoms with Gasteiger partial charge in [-0.1, -0.05) is 26.7 Å². The fraction of sp³-hybridized carbons (Fsp3) is 1.00. The fourth-order valence-electron chi connectivity index (χ4n) is 3.43. The third kappa shape index (κ3) is 14.2. The van der Waals surface area contributed by atoms with Gasteiger partial charge in [0.1, 0.15) is 0 Å². The zero-order valence-corrected chi connectivity index (χ0v) is 18.1. The Morgan fingerprint density at radius 2 is 1.38 bits per heavy atom. The largest absolute Gasteiger partial charge is 0.854 e. The van der Waals surface area contributed by atoms with Gasteiger partial charge in [0.05, 0.1) is 19.3 Å².